The average Bonchev–Trinajstić information content (AvgIpc) is 3.30. The molecule has 0 aliphatic rings. The summed E-state index contributed by atoms with van der Waals surface area (Å²) in [6.07, 6.45) is 3.10. The van der Waals surface area contributed by atoms with Gasteiger partial charge >= 0.3 is 0 Å². The number of hydrogen-bond donors (Lipinski definition) is 2. The van der Waals surface area contributed by atoms with Crippen molar-refractivity contribution in [3.8, 4) is 0 Å². The summed E-state index contributed by atoms with van der Waals surface area (Å²) in [4.78, 5) is 25.2. The van der Waals surface area contributed by atoms with Gasteiger partial charge < -0.3 is 15.1 Å². The lowest BCUT2D eigenvalue weighted by molar-refractivity contribution is -0.116. The second kappa shape index (κ2) is 11.0. The van der Waals surface area contributed by atoms with E-state index in [1.54, 1.807) is 36.4 Å². The number of sulfonamides is 1. The smallest absolute Gasteiger partial charge is 0.253 e. The molecule has 0 fully saturated rings. The second-order valence-corrected chi connectivity index (χ2v) is 9.99. The molecule has 2 N–H and O–H groups in total. The molecule has 0 aliphatic heterocycles. The quantitative estimate of drug-likeness (QED) is 0.453. The van der Waals surface area contributed by atoms with Crippen LogP contribution in [0.2, 0.25) is 0 Å². The zero-order chi connectivity index (χ0) is 24.7. The molecule has 3 aromatic rings. The van der Waals surface area contributed by atoms with Gasteiger partial charge in [-0.2, -0.15) is 0 Å². The SMILES string of the molecule is Cc1ccc(C)c(N(CCCC(=O)Nc2ccccc2C(=O)NCc2ccco2)S(C)(=O)=O)c1. The van der Waals surface area contributed by atoms with Gasteiger partial charge in [0.1, 0.15) is 5.76 Å². The van der Waals surface area contributed by atoms with Gasteiger partial charge in [0.25, 0.3) is 5.91 Å². The number of carbonyl (C=O) groups excluding carboxylic acids is 2. The highest BCUT2D eigenvalue weighted by Gasteiger charge is 2.20. The van der Waals surface area contributed by atoms with E-state index in [1.807, 2.05) is 32.0 Å². The topological polar surface area (TPSA) is 109 Å². The minimum atomic E-state index is -3.52. The number of furan rings is 1. The number of carbonyl (C=O) groups is 2. The predicted molar refractivity (Wildman–Crippen MR) is 132 cm³/mol. The molecule has 9 heteroatoms. The maximum absolute atomic E-state index is 12.6. The number of para-hydroxylation sites is 1. The summed E-state index contributed by atoms with van der Waals surface area (Å²) in [5.41, 5.74) is 3.12. The summed E-state index contributed by atoms with van der Waals surface area (Å²) >= 11 is 0. The number of nitrogens with one attached hydrogen (secondary N) is 2. The number of anilines is 2. The maximum atomic E-state index is 12.6. The fraction of sp³-hybridized carbons (Fsp3) is 0.280. The van der Waals surface area contributed by atoms with Gasteiger partial charge in [-0.25, -0.2) is 8.42 Å². The van der Waals surface area contributed by atoms with Crippen molar-refractivity contribution in [1.82, 2.24) is 5.32 Å². The monoisotopic (exact) mass is 483 g/mol. The molecule has 34 heavy (non-hydrogen) atoms. The van der Waals surface area contributed by atoms with Gasteiger partial charge in [0, 0.05) is 13.0 Å². The van der Waals surface area contributed by atoms with Crippen molar-refractivity contribution in [3.05, 3.63) is 83.3 Å². The Labute approximate surface area is 200 Å². The molecule has 8 nitrogen and oxygen atoms in total. The zero-order valence-corrected chi connectivity index (χ0v) is 20.3. The minimum Gasteiger partial charge on any atom is -0.467 e. The lowest BCUT2D eigenvalue weighted by Crippen LogP contribution is -2.32. The fourth-order valence-electron chi connectivity index (χ4n) is 3.51. The van der Waals surface area contributed by atoms with E-state index in [4.69, 9.17) is 4.42 Å². The fourth-order valence-corrected chi connectivity index (χ4v) is 4.53. The van der Waals surface area contributed by atoms with E-state index in [-0.39, 0.29) is 31.3 Å². The Morgan fingerprint density at radius 1 is 1.03 bits per heavy atom. The van der Waals surface area contributed by atoms with Crippen molar-refractivity contribution < 1.29 is 22.4 Å². The Balaban J connectivity index is 1.61. The van der Waals surface area contributed by atoms with Crippen LogP contribution in [-0.4, -0.2) is 33.0 Å². The van der Waals surface area contributed by atoms with Crippen molar-refractivity contribution in [1.29, 1.82) is 0 Å². The number of hydrogen-bond acceptors (Lipinski definition) is 5. The third kappa shape index (κ3) is 6.71. The lowest BCUT2D eigenvalue weighted by Gasteiger charge is -2.24. The van der Waals surface area contributed by atoms with Gasteiger partial charge in [-0.3, -0.25) is 13.9 Å². The first-order chi connectivity index (χ1) is 16.1. The van der Waals surface area contributed by atoms with Crippen LogP contribution in [0, 0.1) is 13.8 Å². The Kier molecular flexibility index (Phi) is 8.12. The predicted octanol–water partition coefficient (Wildman–Crippen LogP) is 4.01. The molecule has 0 unspecified atom stereocenters. The van der Waals surface area contributed by atoms with Crippen LogP contribution in [0.25, 0.3) is 0 Å². The number of amides is 2. The highest BCUT2D eigenvalue weighted by atomic mass is 32.2. The van der Waals surface area contributed by atoms with Gasteiger partial charge in [-0.1, -0.05) is 24.3 Å². The molecule has 3 rings (SSSR count). The summed E-state index contributed by atoms with van der Waals surface area (Å²) < 4.78 is 31.4. The van der Waals surface area contributed by atoms with Gasteiger partial charge in [-0.05, 0) is 61.7 Å². The van der Waals surface area contributed by atoms with Crippen molar-refractivity contribution in [2.45, 2.75) is 33.2 Å². The molecular formula is C25H29N3O5S. The maximum Gasteiger partial charge on any atom is 0.253 e. The van der Waals surface area contributed by atoms with Gasteiger partial charge in [0.2, 0.25) is 15.9 Å². The van der Waals surface area contributed by atoms with Crippen LogP contribution in [-0.2, 0) is 21.4 Å². The number of aryl methyl sites for hydroxylation is 2. The molecule has 1 heterocycles. The standard InChI is InChI=1S/C25H29N3O5S/c1-18-12-13-19(2)23(16-18)28(34(3,31)32)14-6-11-24(29)27-22-10-5-4-9-21(22)25(30)26-17-20-8-7-15-33-20/h4-5,7-10,12-13,15-16H,6,11,14,17H2,1-3H3,(H,26,30)(H,27,29). The van der Waals surface area contributed by atoms with Crippen molar-refractivity contribution in [2.75, 3.05) is 22.4 Å². The highest BCUT2D eigenvalue weighted by molar-refractivity contribution is 7.92. The first kappa shape index (κ1) is 25.0. The largest absolute Gasteiger partial charge is 0.467 e. The first-order valence-electron chi connectivity index (χ1n) is 10.9. The molecule has 2 amide bonds. The van der Waals surface area contributed by atoms with Crippen LogP contribution in [0.1, 0.15) is 40.1 Å². The third-order valence-corrected chi connectivity index (χ3v) is 6.43. The first-order valence-corrected chi connectivity index (χ1v) is 12.7. The molecular weight excluding hydrogens is 454 g/mol. The van der Waals surface area contributed by atoms with E-state index in [0.29, 0.717) is 29.1 Å². The van der Waals surface area contributed by atoms with Crippen LogP contribution in [0.15, 0.2) is 65.3 Å². The molecule has 0 atom stereocenters. The van der Waals surface area contributed by atoms with Crippen molar-refractivity contribution in [2.24, 2.45) is 0 Å². The molecule has 0 spiro atoms. The van der Waals surface area contributed by atoms with Crippen LogP contribution in [0.4, 0.5) is 11.4 Å². The molecule has 0 bridgehead atoms. The van der Waals surface area contributed by atoms with Crippen LogP contribution >= 0.6 is 0 Å². The van der Waals surface area contributed by atoms with Gasteiger partial charge in [-0.15, -0.1) is 0 Å². The van der Waals surface area contributed by atoms with E-state index in [0.717, 1.165) is 17.4 Å². The number of benzene rings is 2. The minimum absolute atomic E-state index is 0.0965. The summed E-state index contributed by atoms with van der Waals surface area (Å²) in [6, 6.07) is 15.8. The number of nitrogens with zero attached hydrogens (tertiary/aromatic N) is 1. The Hall–Kier alpha value is -3.59. The van der Waals surface area contributed by atoms with Gasteiger partial charge in [0.05, 0.1) is 36.0 Å². The average molecular weight is 484 g/mol. The molecule has 0 saturated heterocycles. The highest BCUT2D eigenvalue weighted by Crippen LogP contribution is 2.24. The summed E-state index contributed by atoms with van der Waals surface area (Å²) in [6.45, 7) is 4.15. The van der Waals surface area contributed by atoms with Gasteiger partial charge in [0.15, 0.2) is 0 Å². The lowest BCUT2D eigenvalue weighted by atomic mass is 10.1. The molecule has 180 valence electrons. The molecule has 0 saturated carbocycles. The Bertz CT molecular complexity index is 1250. The van der Waals surface area contributed by atoms with E-state index in [9.17, 15) is 18.0 Å². The number of rotatable bonds is 10. The van der Waals surface area contributed by atoms with E-state index >= 15 is 0 Å². The summed E-state index contributed by atoms with van der Waals surface area (Å²) in [7, 11) is -3.52. The van der Waals surface area contributed by atoms with E-state index in [2.05, 4.69) is 10.6 Å². The Morgan fingerprint density at radius 2 is 1.79 bits per heavy atom. The zero-order valence-electron chi connectivity index (χ0n) is 19.5. The van der Waals surface area contributed by atoms with E-state index in [1.165, 1.54) is 10.6 Å². The Morgan fingerprint density at radius 3 is 2.50 bits per heavy atom. The summed E-state index contributed by atoms with van der Waals surface area (Å²) in [5, 5.41) is 5.53. The summed E-state index contributed by atoms with van der Waals surface area (Å²) in [5.74, 6) is -0.0275. The van der Waals surface area contributed by atoms with Crippen molar-refractivity contribution >= 4 is 33.2 Å². The third-order valence-electron chi connectivity index (χ3n) is 5.25. The molecule has 0 aliphatic carbocycles. The second-order valence-electron chi connectivity index (χ2n) is 8.08. The normalized spacial score (nSPS) is 11.1. The molecule has 0 radical (unpaired) electrons. The van der Waals surface area contributed by atoms with E-state index < -0.39 is 10.0 Å². The van der Waals surface area contributed by atoms with Crippen LogP contribution in [0.5, 0.6) is 0 Å². The van der Waals surface area contributed by atoms with Crippen molar-refractivity contribution in [3.63, 3.8) is 0 Å². The van der Waals surface area contributed by atoms with Crippen LogP contribution in [0.3, 0.4) is 0 Å². The van der Waals surface area contributed by atoms with Crippen LogP contribution < -0.4 is 14.9 Å². The molecule has 2 aromatic carbocycles. The molecule has 1 aromatic heterocycles.